The number of pyridine rings is 1. The highest BCUT2D eigenvalue weighted by Crippen LogP contribution is 2.21. The first kappa shape index (κ1) is 11.6. The monoisotopic (exact) mass is 230 g/mol. The maximum atomic E-state index is 11.8. The van der Waals surface area contributed by atoms with Crippen LogP contribution in [0.2, 0.25) is 0 Å². The molecule has 1 amide bonds. The number of carbonyl (C=O) groups is 1. The summed E-state index contributed by atoms with van der Waals surface area (Å²) in [6, 6.07) is 9.68. The van der Waals surface area contributed by atoms with E-state index in [0.29, 0.717) is 0 Å². The highest BCUT2D eigenvalue weighted by molar-refractivity contribution is 6.00. The Balaban J connectivity index is 0.00000162. The molecule has 0 spiro atoms. The van der Waals surface area contributed by atoms with E-state index < -0.39 is 0 Å². The highest BCUT2D eigenvalue weighted by atomic mass is 16.1. The second kappa shape index (κ2) is 4.95. The van der Waals surface area contributed by atoms with E-state index in [0.717, 1.165) is 23.0 Å². The lowest BCUT2D eigenvalue weighted by molar-refractivity contribution is -0.119. The average Bonchev–Trinajstić information content (AvgIpc) is 2.38. The third-order valence-corrected chi connectivity index (χ3v) is 2.95. The summed E-state index contributed by atoms with van der Waals surface area (Å²) >= 11 is 0. The zero-order valence-corrected chi connectivity index (χ0v) is 10.1. The van der Waals surface area contributed by atoms with Gasteiger partial charge < -0.3 is 5.32 Å². The van der Waals surface area contributed by atoms with Crippen LogP contribution in [0.25, 0.3) is 10.9 Å². The minimum absolute atomic E-state index is 0. The number of amides is 1. The van der Waals surface area contributed by atoms with Crippen molar-refractivity contribution in [2.75, 3.05) is 5.32 Å². The molecule has 3 heteroatoms. The topological polar surface area (TPSA) is 42.0 Å². The fraction of sp³-hybridized carbons (Fsp3) is 0.286. The van der Waals surface area contributed by atoms with Crippen molar-refractivity contribution < 1.29 is 6.22 Å². The van der Waals surface area contributed by atoms with Crippen LogP contribution in [0.3, 0.4) is 0 Å². The Morgan fingerprint density at radius 3 is 2.94 bits per heavy atom. The lowest BCUT2D eigenvalue weighted by Gasteiger charge is -2.11. The van der Waals surface area contributed by atoms with E-state index in [4.69, 9.17) is 0 Å². The fourth-order valence-corrected chi connectivity index (χ4v) is 1.65. The molecule has 1 aromatic heterocycles. The minimum Gasteiger partial charge on any atom is -0.324 e. The molecule has 1 atom stereocenters. The van der Waals surface area contributed by atoms with Crippen LogP contribution in [0.4, 0.5) is 5.69 Å². The number of para-hydroxylation sites is 1. The van der Waals surface area contributed by atoms with Gasteiger partial charge in [0.05, 0.1) is 11.2 Å². The Morgan fingerprint density at radius 1 is 1.41 bits per heavy atom. The Kier molecular flexibility index (Phi) is 3.38. The smallest absolute Gasteiger partial charge is 0.227 e. The second-order valence-electron chi connectivity index (χ2n) is 4.18. The van der Waals surface area contributed by atoms with Crippen molar-refractivity contribution in [1.82, 2.24) is 4.98 Å². The largest absolute Gasteiger partial charge is 0.324 e. The molecule has 2 rings (SSSR count). The summed E-state index contributed by atoms with van der Waals surface area (Å²) in [6.45, 7) is 3.93. The zero-order chi connectivity index (χ0) is 12.3. The molecule has 0 aliphatic heterocycles. The van der Waals surface area contributed by atoms with Crippen molar-refractivity contribution in [1.29, 1.82) is 0 Å². The SMILES string of the molecule is CCC(C)C(=O)Nc1cccc2cccnc12.[HH]. The molecular weight excluding hydrogens is 212 g/mol. The van der Waals surface area contributed by atoms with Gasteiger partial charge in [-0.2, -0.15) is 0 Å². The predicted molar refractivity (Wildman–Crippen MR) is 71.9 cm³/mol. The summed E-state index contributed by atoms with van der Waals surface area (Å²) in [5.74, 6) is 0.0691. The third kappa shape index (κ3) is 2.44. The fourth-order valence-electron chi connectivity index (χ4n) is 1.65. The van der Waals surface area contributed by atoms with Gasteiger partial charge in [-0.1, -0.05) is 32.0 Å². The van der Waals surface area contributed by atoms with Crippen LogP contribution in [-0.4, -0.2) is 10.9 Å². The first-order valence-electron chi connectivity index (χ1n) is 5.87. The van der Waals surface area contributed by atoms with Crippen molar-refractivity contribution in [3.63, 3.8) is 0 Å². The van der Waals surface area contributed by atoms with Crippen LogP contribution in [0.5, 0.6) is 0 Å². The van der Waals surface area contributed by atoms with Gasteiger partial charge in [-0.25, -0.2) is 0 Å². The van der Waals surface area contributed by atoms with Gasteiger partial charge >= 0.3 is 0 Å². The zero-order valence-electron chi connectivity index (χ0n) is 10.1. The van der Waals surface area contributed by atoms with Gasteiger partial charge in [0.2, 0.25) is 5.91 Å². The summed E-state index contributed by atoms with van der Waals surface area (Å²) in [5, 5.41) is 3.97. The molecule has 0 saturated heterocycles. The number of carbonyl (C=O) groups excluding carboxylic acids is 1. The van der Waals surface area contributed by atoms with E-state index in [1.165, 1.54) is 0 Å². The van der Waals surface area contributed by atoms with Crippen molar-refractivity contribution in [2.24, 2.45) is 5.92 Å². The van der Waals surface area contributed by atoms with E-state index in [2.05, 4.69) is 10.3 Å². The first-order chi connectivity index (χ1) is 8.22. The van der Waals surface area contributed by atoms with Crippen LogP contribution in [0, 0.1) is 5.92 Å². The quantitative estimate of drug-likeness (QED) is 0.877. The van der Waals surface area contributed by atoms with Crippen molar-refractivity contribution in [2.45, 2.75) is 20.3 Å². The standard InChI is InChI=1S/C14H16N2O.H2/c1-3-10(2)14(17)16-12-8-4-6-11-7-5-9-15-13(11)12;/h4-10H,3H2,1-2H3,(H,16,17);1H. The van der Waals surface area contributed by atoms with Gasteiger partial charge in [0, 0.05) is 18.9 Å². The van der Waals surface area contributed by atoms with Crippen molar-refractivity contribution in [3.8, 4) is 0 Å². The summed E-state index contributed by atoms with van der Waals surface area (Å²) in [7, 11) is 0. The molecule has 17 heavy (non-hydrogen) atoms. The lowest BCUT2D eigenvalue weighted by Crippen LogP contribution is -2.19. The number of nitrogens with zero attached hydrogens (tertiary/aromatic N) is 1. The summed E-state index contributed by atoms with van der Waals surface area (Å²) in [4.78, 5) is 16.2. The summed E-state index contributed by atoms with van der Waals surface area (Å²) < 4.78 is 0. The van der Waals surface area contributed by atoms with Gasteiger partial charge in [0.15, 0.2) is 0 Å². The molecular formula is C14H18N2O. The molecule has 0 radical (unpaired) electrons. The molecule has 0 aliphatic carbocycles. The van der Waals surface area contributed by atoms with Crippen LogP contribution >= 0.6 is 0 Å². The molecule has 0 saturated carbocycles. The molecule has 1 aromatic carbocycles. The average molecular weight is 230 g/mol. The maximum absolute atomic E-state index is 11.8. The van der Waals surface area contributed by atoms with Gasteiger partial charge in [-0.15, -0.1) is 0 Å². The molecule has 1 N–H and O–H groups in total. The molecule has 2 aromatic rings. The van der Waals surface area contributed by atoms with Gasteiger partial charge in [0.25, 0.3) is 0 Å². The lowest BCUT2D eigenvalue weighted by atomic mass is 10.1. The summed E-state index contributed by atoms with van der Waals surface area (Å²) in [6.07, 6.45) is 2.57. The molecule has 0 fully saturated rings. The maximum Gasteiger partial charge on any atom is 0.227 e. The van der Waals surface area contributed by atoms with E-state index in [1.54, 1.807) is 6.20 Å². The summed E-state index contributed by atoms with van der Waals surface area (Å²) in [5.41, 5.74) is 1.63. The number of rotatable bonds is 3. The van der Waals surface area contributed by atoms with Gasteiger partial charge in [0.1, 0.15) is 0 Å². The Morgan fingerprint density at radius 2 is 2.18 bits per heavy atom. The minimum atomic E-state index is 0. The molecule has 3 nitrogen and oxygen atoms in total. The number of hydrogen-bond acceptors (Lipinski definition) is 2. The van der Waals surface area contributed by atoms with E-state index in [-0.39, 0.29) is 13.3 Å². The second-order valence-corrected chi connectivity index (χ2v) is 4.18. The van der Waals surface area contributed by atoms with Crippen LogP contribution < -0.4 is 5.32 Å². The number of hydrogen-bond donors (Lipinski definition) is 1. The van der Waals surface area contributed by atoms with Crippen LogP contribution in [0.1, 0.15) is 21.7 Å². The van der Waals surface area contributed by atoms with Gasteiger partial charge in [-0.05, 0) is 18.6 Å². The van der Waals surface area contributed by atoms with Crippen LogP contribution in [-0.2, 0) is 4.79 Å². The molecule has 0 aliphatic rings. The number of nitrogens with one attached hydrogen (secondary N) is 1. The highest BCUT2D eigenvalue weighted by Gasteiger charge is 2.12. The van der Waals surface area contributed by atoms with Crippen molar-refractivity contribution >= 4 is 22.5 Å². The Labute approximate surface area is 102 Å². The van der Waals surface area contributed by atoms with E-state index >= 15 is 0 Å². The van der Waals surface area contributed by atoms with E-state index in [9.17, 15) is 4.79 Å². The van der Waals surface area contributed by atoms with Crippen LogP contribution in [0.15, 0.2) is 36.5 Å². The number of aromatic nitrogens is 1. The Bertz CT molecular complexity index is 537. The predicted octanol–water partition coefficient (Wildman–Crippen LogP) is 3.47. The van der Waals surface area contributed by atoms with E-state index in [1.807, 2.05) is 44.2 Å². The number of fused-ring (bicyclic) bond motifs is 1. The normalized spacial score (nSPS) is 12.4. The molecule has 0 bridgehead atoms. The van der Waals surface area contributed by atoms with Gasteiger partial charge in [-0.3, -0.25) is 9.78 Å². The number of benzene rings is 1. The third-order valence-electron chi connectivity index (χ3n) is 2.95. The number of anilines is 1. The molecule has 1 unspecified atom stereocenters. The Hall–Kier alpha value is -1.90. The first-order valence-corrected chi connectivity index (χ1v) is 5.87. The van der Waals surface area contributed by atoms with Crippen molar-refractivity contribution in [3.05, 3.63) is 36.5 Å². The molecule has 1 heterocycles. The molecule has 90 valence electrons.